The maximum atomic E-state index is 11.7. The summed E-state index contributed by atoms with van der Waals surface area (Å²) in [4.78, 5) is 14.3. The van der Waals surface area contributed by atoms with Gasteiger partial charge in [-0.05, 0) is 86.7 Å². The molecule has 0 unspecified atom stereocenters. The molecule has 0 spiro atoms. The second-order valence-electron chi connectivity index (χ2n) is 10.1. The number of esters is 1. The zero-order valence-corrected chi connectivity index (χ0v) is 20.3. The molecule has 1 saturated heterocycles. The van der Waals surface area contributed by atoms with Crippen molar-refractivity contribution in [3.05, 3.63) is 18.2 Å². The van der Waals surface area contributed by atoms with Crippen LogP contribution in [0, 0.1) is 23.7 Å². The minimum Gasteiger partial charge on any atom is -0.492 e. The Hall–Kier alpha value is -2.28. The molecule has 1 aromatic heterocycles. The predicted octanol–water partition coefficient (Wildman–Crippen LogP) is 4.93. The van der Waals surface area contributed by atoms with Gasteiger partial charge in [0.1, 0.15) is 11.1 Å². The Bertz CT molecular complexity index is 895. The van der Waals surface area contributed by atoms with Crippen molar-refractivity contribution >= 4 is 16.9 Å². The maximum Gasteiger partial charge on any atom is 0.308 e. The van der Waals surface area contributed by atoms with Crippen LogP contribution < -0.4 is 9.47 Å². The molecule has 7 heteroatoms. The van der Waals surface area contributed by atoms with Gasteiger partial charge in [-0.3, -0.25) is 4.79 Å². The summed E-state index contributed by atoms with van der Waals surface area (Å²) in [6, 6.07) is 5.77. The lowest BCUT2D eigenvalue weighted by Gasteiger charge is -2.36. The molecule has 7 nitrogen and oxygen atoms in total. The van der Waals surface area contributed by atoms with E-state index in [1.165, 1.54) is 7.11 Å². The minimum atomic E-state index is -0.0345. The molecule has 0 atom stereocenters. The van der Waals surface area contributed by atoms with Gasteiger partial charge < -0.3 is 23.6 Å². The molecule has 33 heavy (non-hydrogen) atoms. The Kier molecular flexibility index (Phi) is 8.12. The molecule has 2 heterocycles. The van der Waals surface area contributed by atoms with Crippen LogP contribution in [0.25, 0.3) is 11.0 Å². The molecule has 0 bridgehead atoms. The molecule has 1 aromatic carbocycles. The number of nitrogens with zero attached hydrogens (tertiary/aromatic N) is 2. The van der Waals surface area contributed by atoms with E-state index in [0.29, 0.717) is 42.4 Å². The predicted molar refractivity (Wildman–Crippen MR) is 126 cm³/mol. The normalized spacial score (nSPS) is 22.5. The summed E-state index contributed by atoms with van der Waals surface area (Å²) in [5, 5.41) is 5.00. The van der Waals surface area contributed by atoms with Crippen LogP contribution in [0.15, 0.2) is 22.7 Å². The number of carbonyl (C=O) groups excluding carboxylic acids is 1. The topological polar surface area (TPSA) is 74.0 Å². The average molecular weight is 459 g/mol. The number of fused-ring (bicyclic) bond motifs is 1. The van der Waals surface area contributed by atoms with Gasteiger partial charge in [0.2, 0.25) is 0 Å². The van der Waals surface area contributed by atoms with Gasteiger partial charge in [-0.15, -0.1) is 0 Å². The highest BCUT2D eigenvalue weighted by atomic mass is 16.5. The van der Waals surface area contributed by atoms with Gasteiger partial charge >= 0.3 is 5.97 Å². The van der Waals surface area contributed by atoms with Crippen molar-refractivity contribution < 1.29 is 23.5 Å². The fourth-order valence-electron chi connectivity index (χ4n) is 5.05. The number of aromatic nitrogens is 1. The van der Waals surface area contributed by atoms with E-state index in [2.05, 4.69) is 23.9 Å². The van der Waals surface area contributed by atoms with Crippen molar-refractivity contribution in [1.29, 1.82) is 0 Å². The van der Waals surface area contributed by atoms with E-state index in [0.717, 1.165) is 69.3 Å². The summed E-state index contributed by atoms with van der Waals surface area (Å²) >= 11 is 0. The maximum absolute atomic E-state index is 11.7. The highest BCUT2D eigenvalue weighted by Crippen LogP contribution is 2.35. The minimum absolute atomic E-state index is 0.0345. The van der Waals surface area contributed by atoms with Gasteiger partial charge in [-0.25, -0.2) is 0 Å². The smallest absolute Gasteiger partial charge is 0.308 e. The lowest BCUT2D eigenvalue weighted by atomic mass is 9.81. The average Bonchev–Trinajstić information content (AvgIpc) is 3.26. The number of piperidine rings is 1. The molecule has 1 aliphatic carbocycles. The molecule has 4 rings (SSSR count). The number of rotatable bonds is 9. The number of benzene rings is 1. The zero-order valence-electron chi connectivity index (χ0n) is 20.3. The highest BCUT2D eigenvalue weighted by molar-refractivity contribution is 5.88. The van der Waals surface area contributed by atoms with Crippen LogP contribution in [0.4, 0.5) is 0 Å². The second kappa shape index (κ2) is 11.2. The lowest BCUT2D eigenvalue weighted by molar-refractivity contribution is -0.146. The van der Waals surface area contributed by atoms with Crippen LogP contribution in [0.1, 0.15) is 52.4 Å². The third-order valence-electron chi connectivity index (χ3n) is 7.06. The summed E-state index contributed by atoms with van der Waals surface area (Å²) in [6.07, 6.45) is 6.45. The van der Waals surface area contributed by atoms with E-state index >= 15 is 0 Å². The number of likely N-dealkylation sites (tertiary alicyclic amines) is 1. The molecule has 2 fully saturated rings. The van der Waals surface area contributed by atoms with Crippen LogP contribution in [0.2, 0.25) is 0 Å². The van der Waals surface area contributed by atoms with E-state index < -0.39 is 0 Å². The number of ether oxygens (including phenoxy) is 3. The summed E-state index contributed by atoms with van der Waals surface area (Å²) in [6.45, 7) is 8.91. The summed E-state index contributed by atoms with van der Waals surface area (Å²) in [7, 11) is 1.49. The molecule has 1 saturated carbocycles. The Morgan fingerprint density at radius 3 is 2.55 bits per heavy atom. The van der Waals surface area contributed by atoms with Crippen molar-refractivity contribution in [2.24, 2.45) is 23.7 Å². The summed E-state index contributed by atoms with van der Waals surface area (Å²) in [5.74, 6) is 3.04. The van der Waals surface area contributed by atoms with Crippen molar-refractivity contribution in [3.63, 3.8) is 0 Å². The Morgan fingerprint density at radius 2 is 1.85 bits per heavy atom. The van der Waals surface area contributed by atoms with Crippen LogP contribution in [-0.2, 0) is 9.53 Å². The Morgan fingerprint density at radius 1 is 1.09 bits per heavy atom. The molecule has 0 amide bonds. The van der Waals surface area contributed by atoms with Crippen LogP contribution in [-0.4, -0.2) is 56.0 Å². The Labute approximate surface area is 196 Å². The monoisotopic (exact) mass is 458 g/mol. The third kappa shape index (κ3) is 6.19. The van der Waals surface area contributed by atoms with E-state index in [4.69, 9.17) is 18.7 Å². The number of hydrogen-bond donors (Lipinski definition) is 0. The molecule has 0 radical (unpaired) electrons. The molecule has 2 aromatic rings. The van der Waals surface area contributed by atoms with E-state index in [-0.39, 0.29) is 11.9 Å². The van der Waals surface area contributed by atoms with E-state index in [9.17, 15) is 4.79 Å². The number of hydrogen-bond acceptors (Lipinski definition) is 7. The second-order valence-corrected chi connectivity index (χ2v) is 10.1. The molecular formula is C26H38N2O5. The molecule has 182 valence electrons. The van der Waals surface area contributed by atoms with E-state index in [1.807, 2.05) is 18.2 Å². The third-order valence-corrected chi connectivity index (χ3v) is 7.06. The van der Waals surface area contributed by atoms with Crippen molar-refractivity contribution in [3.8, 4) is 11.6 Å². The Balaban J connectivity index is 1.23. The van der Waals surface area contributed by atoms with Crippen LogP contribution >= 0.6 is 0 Å². The van der Waals surface area contributed by atoms with E-state index in [1.54, 1.807) is 0 Å². The lowest BCUT2D eigenvalue weighted by Crippen LogP contribution is -2.39. The van der Waals surface area contributed by atoms with Crippen LogP contribution in [0.3, 0.4) is 0 Å². The molecule has 2 aliphatic rings. The van der Waals surface area contributed by atoms with Gasteiger partial charge in [-0.2, -0.15) is 0 Å². The summed E-state index contributed by atoms with van der Waals surface area (Å²) in [5.41, 5.74) is 0.697. The first-order valence-corrected chi connectivity index (χ1v) is 12.5. The van der Waals surface area contributed by atoms with Crippen molar-refractivity contribution in [1.82, 2.24) is 10.1 Å². The molecule has 1 aliphatic heterocycles. The first kappa shape index (κ1) is 23.9. The first-order chi connectivity index (χ1) is 16.0. The van der Waals surface area contributed by atoms with Crippen molar-refractivity contribution in [2.45, 2.75) is 52.4 Å². The fraction of sp³-hybridized carbons (Fsp3) is 0.692. The van der Waals surface area contributed by atoms with Crippen molar-refractivity contribution in [2.75, 3.05) is 40.0 Å². The van der Waals surface area contributed by atoms with Gasteiger partial charge in [0.25, 0.3) is 5.88 Å². The summed E-state index contributed by atoms with van der Waals surface area (Å²) < 4.78 is 22.5. The highest BCUT2D eigenvalue weighted by Gasteiger charge is 2.29. The number of carbonyl (C=O) groups is 1. The zero-order chi connectivity index (χ0) is 23.2. The standard InChI is InChI=1S/C26H38N2O5/c1-18(2)16-31-22-5-4-6-23-24(22)25(27-33-23)32-17-20-11-13-28(14-12-20)15-19-7-9-21(10-8-19)26(29)30-3/h4-6,18-21H,7-17H2,1-3H3/t19-,21-. The number of methoxy groups -OCH3 is 1. The van der Waals surface area contributed by atoms with Gasteiger partial charge in [0, 0.05) is 6.54 Å². The van der Waals surface area contributed by atoms with Gasteiger partial charge in [0.05, 0.1) is 26.2 Å². The quantitative estimate of drug-likeness (QED) is 0.493. The molecular weight excluding hydrogens is 420 g/mol. The first-order valence-electron chi connectivity index (χ1n) is 12.5. The molecule has 0 N–H and O–H groups in total. The van der Waals surface area contributed by atoms with Gasteiger partial charge in [-0.1, -0.05) is 19.9 Å². The van der Waals surface area contributed by atoms with Gasteiger partial charge in [0.15, 0.2) is 5.58 Å². The largest absolute Gasteiger partial charge is 0.492 e. The van der Waals surface area contributed by atoms with Crippen LogP contribution in [0.5, 0.6) is 11.6 Å². The fourth-order valence-corrected chi connectivity index (χ4v) is 5.05. The SMILES string of the molecule is COC(=O)[C@H]1CC[C@H](CN2CCC(COc3noc4cccc(OCC(C)C)c34)CC2)CC1.